The van der Waals surface area contributed by atoms with Gasteiger partial charge < -0.3 is 9.80 Å². The molecule has 0 bridgehead atoms. The lowest BCUT2D eigenvalue weighted by Crippen LogP contribution is -2.32. The summed E-state index contributed by atoms with van der Waals surface area (Å²) >= 11 is 0. The predicted octanol–water partition coefficient (Wildman–Crippen LogP) is 1.37. The van der Waals surface area contributed by atoms with Crippen LogP contribution in [0.4, 0.5) is 4.39 Å². The van der Waals surface area contributed by atoms with Gasteiger partial charge in [0.15, 0.2) is 0 Å². The first-order valence-corrected chi connectivity index (χ1v) is 3.55. The maximum absolute atomic E-state index is 13.0. The molecule has 10 heavy (non-hydrogen) atoms. The normalized spacial score (nSPS) is 24.5. The maximum Gasteiger partial charge on any atom is 0.248 e. The third-order valence-electron chi connectivity index (χ3n) is 1.58. The summed E-state index contributed by atoms with van der Waals surface area (Å²) in [5.41, 5.74) is 0. The summed E-state index contributed by atoms with van der Waals surface area (Å²) in [5.74, 6) is 0. The quantitative estimate of drug-likeness (QED) is 0.540. The summed E-state index contributed by atoms with van der Waals surface area (Å²) in [6, 6.07) is 0. The van der Waals surface area contributed by atoms with Crippen molar-refractivity contribution in [3.8, 4) is 0 Å². The van der Waals surface area contributed by atoms with E-state index >= 15 is 0 Å². The highest BCUT2D eigenvalue weighted by Gasteiger charge is 2.20. The lowest BCUT2D eigenvalue weighted by molar-refractivity contribution is 0.0449. The van der Waals surface area contributed by atoms with E-state index in [1.807, 2.05) is 6.92 Å². The van der Waals surface area contributed by atoms with E-state index in [1.165, 1.54) is 0 Å². The van der Waals surface area contributed by atoms with Crippen molar-refractivity contribution in [2.75, 3.05) is 13.6 Å². The van der Waals surface area contributed by atoms with Crippen LogP contribution in [-0.2, 0) is 0 Å². The molecule has 0 amide bonds. The molecule has 0 saturated carbocycles. The van der Waals surface area contributed by atoms with Crippen molar-refractivity contribution in [1.29, 1.82) is 0 Å². The zero-order valence-electron chi connectivity index (χ0n) is 6.42. The van der Waals surface area contributed by atoms with Crippen LogP contribution in [0.2, 0.25) is 0 Å². The number of hydrogen-bond donors (Lipinski definition) is 0. The first-order chi connectivity index (χ1) is 4.75. The Hall–Kier alpha value is -0.730. The molecular weight excluding hydrogens is 131 g/mol. The van der Waals surface area contributed by atoms with Crippen molar-refractivity contribution >= 4 is 0 Å². The molecule has 0 aromatic carbocycles. The van der Waals surface area contributed by atoms with E-state index in [0.717, 1.165) is 13.0 Å². The van der Waals surface area contributed by atoms with E-state index in [4.69, 9.17) is 0 Å². The van der Waals surface area contributed by atoms with E-state index in [0.29, 0.717) is 0 Å². The average molecular weight is 144 g/mol. The fraction of sp³-hybridized carbons (Fsp3) is 0.714. The van der Waals surface area contributed by atoms with E-state index < -0.39 is 6.42 Å². The number of hydrogen-bond acceptors (Lipinski definition) is 2. The van der Waals surface area contributed by atoms with Crippen LogP contribution in [0.25, 0.3) is 0 Å². The highest BCUT2D eigenvalue weighted by atomic mass is 19.1. The molecule has 1 aliphatic heterocycles. The van der Waals surface area contributed by atoms with Gasteiger partial charge in [-0.05, 0) is 6.42 Å². The maximum atomic E-state index is 13.0. The van der Waals surface area contributed by atoms with Crippen LogP contribution in [-0.4, -0.2) is 29.8 Å². The van der Waals surface area contributed by atoms with Crippen LogP contribution in [0.1, 0.15) is 13.3 Å². The van der Waals surface area contributed by atoms with Gasteiger partial charge >= 0.3 is 0 Å². The average Bonchev–Trinajstić information content (AvgIpc) is 2.20. The topological polar surface area (TPSA) is 6.48 Å². The molecule has 0 aliphatic carbocycles. The predicted molar refractivity (Wildman–Crippen MR) is 38.8 cm³/mol. The second-order valence-corrected chi connectivity index (χ2v) is 2.51. The van der Waals surface area contributed by atoms with Crippen LogP contribution < -0.4 is 0 Å². The van der Waals surface area contributed by atoms with Gasteiger partial charge in [0, 0.05) is 26.0 Å². The van der Waals surface area contributed by atoms with Gasteiger partial charge in [-0.3, -0.25) is 0 Å². The van der Waals surface area contributed by atoms with Crippen molar-refractivity contribution in [2.24, 2.45) is 0 Å². The summed E-state index contributed by atoms with van der Waals surface area (Å²) in [7, 11) is 1.73. The Kier molecular flexibility index (Phi) is 2.14. The molecule has 0 aromatic rings. The molecule has 3 heteroatoms. The highest BCUT2D eigenvalue weighted by molar-refractivity contribution is 4.90. The van der Waals surface area contributed by atoms with Gasteiger partial charge in [0.2, 0.25) is 6.42 Å². The number of halogens is 1. The minimum atomic E-state index is -0.944. The monoisotopic (exact) mass is 144 g/mol. The molecule has 1 unspecified atom stereocenters. The standard InChI is InChI=1S/C7H13FN2/c1-3-4-10-6-5-9(2)7(10)8/h5-7H,3-4H2,1-2H3. The Labute approximate surface area is 60.9 Å². The number of alkyl halides is 1. The largest absolute Gasteiger partial charge is 0.333 e. The Morgan fingerprint density at radius 2 is 2.20 bits per heavy atom. The van der Waals surface area contributed by atoms with Gasteiger partial charge in [-0.2, -0.15) is 4.39 Å². The summed E-state index contributed by atoms with van der Waals surface area (Å²) in [6.07, 6.45) is 3.58. The second kappa shape index (κ2) is 2.90. The first kappa shape index (κ1) is 7.38. The molecule has 0 saturated heterocycles. The van der Waals surface area contributed by atoms with Gasteiger partial charge in [0.1, 0.15) is 0 Å². The SMILES string of the molecule is CCCN1C=CN(C)C1F. The molecular formula is C7H13FN2. The molecule has 58 valence electrons. The molecule has 1 rings (SSSR count). The van der Waals surface area contributed by atoms with Gasteiger partial charge in [0.05, 0.1) is 0 Å². The Morgan fingerprint density at radius 1 is 1.50 bits per heavy atom. The second-order valence-electron chi connectivity index (χ2n) is 2.51. The summed E-state index contributed by atoms with van der Waals surface area (Å²) in [5, 5.41) is 0. The number of rotatable bonds is 2. The molecule has 1 heterocycles. The van der Waals surface area contributed by atoms with Crippen molar-refractivity contribution in [3.05, 3.63) is 12.4 Å². The molecule has 0 aromatic heterocycles. The van der Waals surface area contributed by atoms with Crippen LogP contribution in [0, 0.1) is 0 Å². The molecule has 0 N–H and O–H groups in total. The van der Waals surface area contributed by atoms with Crippen molar-refractivity contribution in [1.82, 2.24) is 9.80 Å². The highest BCUT2D eigenvalue weighted by Crippen LogP contribution is 2.14. The minimum Gasteiger partial charge on any atom is -0.333 e. The molecule has 2 nitrogen and oxygen atoms in total. The molecule has 1 atom stereocenters. The Morgan fingerprint density at radius 3 is 2.60 bits per heavy atom. The lowest BCUT2D eigenvalue weighted by atomic mass is 10.4. The van der Waals surface area contributed by atoms with Crippen molar-refractivity contribution in [2.45, 2.75) is 19.8 Å². The van der Waals surface area contributed by atoms with Crippen LogP contribution in [0.3, 0.4) is 0 Å². The molecule has 0 fully saturated rings. The summed E-state index contributed by atoms with van der Waals surface area (Å²) in [6.45, 7) is 2.83. The van der Waals surface area contributed by atoms with Crippen molar-refractivity contribution in [3.63, 3.8) is 0 Å². The van der Waals surface area contributed by atoms with E-state index in [2.05, 4.69) is 0 Å². The summed E-state index contributed by atoms with van der Waals surface area (Å²) in [4.78, 5) is 3.23. The zero-order valence-corrected chi connectivity index (χ0v) is 6.42. The van der Waals surface area contributed by atoms with Crippen LogP contribution in [0.15, 0.2) is 12.4 Å². The van der Waals surface area contributed by atoms with E-state index in [-0.39, 0.29) is 0 Å². The van der Waals surface area contributed by atoms with Crippen LogP contribution >= 0.6 is 0 Å². The number of nitrogens with zero attached hydrogens (tertiary/aromatic N) is 2. The molecule has 0 spiro atoms. The summed E-state index contributed by atoms with van der Waals surface area (Å²) < 4.78 is 13.0. The Balaban J connectivity index is 2.41. The van der Waals surface area contributed by atoms with E-state index in [1.54, 1.807) is 29.2 Å². The smallest absolute Gasteiger partial charge is 0.248 e. The van der Waals surface area contributed by atoms with Crippen molar-refractivity contribution < 1.29 is 4.39 Å². The van der Waals surface area contributed by atoms with Gasteiger partial charge in [-0.1, -0.05) is 6.92 Å². The van der Waals surface area contributed by atoms with Gasteiger partial charge in [-0.15, -0.1) is 0 Å². The first-order valence-electron chi connectivity index (χ1n) is 3.55. The van der Waals surface area contributed by atoms with Gasteiger partial charge in [-0.25, -0.2) is 0 Å². The zero-order chi connectivity index (χ0) is 7.56. The molecule has 1 aliphatic rings. The van der Waals surface area contributed by atoms with Crippen LogP contribution in [0.5, 0.6) is 0 Å². The van der Waals surface area contributed by atoms with Gasteiger partial charge in [0.25, 0.3) is 0 Å². The Bertz CT molecular complexity index is 136. The third-order valence-corrected chi connectivity index (χ3v) is 1.58. The van der Waals surface area contributed by atoms with E-state index in [9.17, 15) is 4.39 Å². The minimum absolute atomic E-state index is 0.794. The molecule has 0 radical (unpaired) electrons. The lowest BCUT2D eigenvalue weighted by Gasteiger charge is -2.22. The third kappa shape index (κ3) is 1.23. The fourth-order valence-electron chi connectivity index (χ4n) is 1.01. The fourth-order valence-corrected chi connectivity index (χ4v) is 1.01.